The molecule has 2 aromatic carbocycles. The highest BCUT2D eigenvalue weighted by Gasteiger charge is 2.37. The van der Waals surface area contributed by atoms with Crippen molar-refractivity contribution < 1.29 is 23.1 Å². The normalized spacial score (nSPS) is 16.2. The number of benzene rings is 2. The van der Waals surface area contributed by atoms with Crippen molar-refractivity contribution in [1.29, 1.82) is 0 Å². The number of fused-ring (bicyclic) bond motifs is 1. The lowest BCUT2D eigenvalue weighted by Gasteiger charge is -2.33. The van der Waals surface area contributed by atoms with Crippen LogP contribution in [0, 0.1) is 11.6 Å². The Labute approximate surface area is 168 Å². The molecule has 0 saturated carbocycles. The molecule has 4 nitrogen and oxygen atoms in total. The van der Waals surface area contributed by atoms with Crippen molar-refractivity contribution in [3.8, 4) is 0 Å². The van der Waals surface area contributed by atoms with Gasteiger partial charge in [0.05, 0.1) is 30.5 Å². The second-order valence-corrected chi connectivity index (χ2v) is 8.02. The number of ether oxygens (including phenoxy) is 1. The van der Waals surface area contributed by atoms with Crippen LogP contribution < -0.4 is 4.90 Å². The Morgan fingerprint density at radius 2 is 2.04 bits per heavy atom. The summed E-state index contributed by atoms with van der Waals surface area (Å²) in [4.78, 5) is 26.5. The van der Waals surface area contributed by atoms with Gasteiger partial charge in [0.15, 0.2) is 0 Å². The Hall–Kier alpha value is -1.93. The number of hydrogen-bond acceptors (Lipinski definition) is 4. The molecule has 1 atom stereocenters. The van der Waals surface area contributed by atoms with Crippen LogP contribution in [0.25, 0.3) is 0 Å². The number of thioether (sulfide) groups is 1. The van der Waals surface area contributed by atoms with E-state index in [-0.39, 0.29) is 30.8 Å². The fourth-order valence-electron chi connectivity index (χ4n) is 2.82. The first-order valence-electron chi connectivity index (χ1n) is 8.26. The second kappa shape index (κ2) is 8.39. The molecule has 0 fully saturated rings. The zero-order chi connectivity index (χ0) is 19.6. The summed E-state index contributed by atoms with van der Waals surface area (Å²) in [6.45, 7) is 1.76. The summed E-state index contributed by atoms with van der Waals surface area (Å²) in [5.74, 6) is -2.03. The molecule has 8 heteroatoms. The van der Waals surface area contributed by atoms with Crippen molar-refractivity contribution in [3.63, 3.8) is 0 Å². The maximum absolute atomic E-state index is 14.5. The Bertz CT molecular complexity index is 893. The van der Waals surface area contributed by atoms with Gasteiger partial charge in [0.1, 0.15) is 11.6 Å². The predicted molar refractivity (Wildman–Crippen MR) is 103 cm³/mol. The maximum atomic E-state index is 14.5. The zero-order valence-corrected chi connectivity index (χ0v) is 16.8. The minimum Gasteiger partial charge on any atom is -0.466 e. The van der Waals surface area contributed by atoms with E-state index < -0.39 is 28.8 Å². The van der Waals surface area contributed by atoms with E-state index in [0.717, 1.165) is 11.8 Å². The van der Waals surface area contributed by atoms with Gasteiger partial charge in [0.25, 0.3) is 0 Å². The molecule has 1 heterocycles. The number of nitrogens with zero attached hydrogens (tertiary/aromatic N) is 1. The van der Waals surface area contributed by atoms with Gasteiger partial charge in [0, 0.05) is 14.9 Å². The average Bonchev–Trinajstić information content (AvgIpc) is 2.60. The van der Waals surface area contributed by atoms with Crippen LogP contribution in [0.5, 0.6) is 0 Å². The molecule has 0 radical (unpaired) electrons. The van der Waals surface area contributed by atoms with Crippen LogP contribution in [0.4, 0.5) is 14.5 Å². The summed E-state index contributed by atoms with van der Waals surface area (Å²) in [5.41, 5.74) is 0.359. The minimum atomic E-state index is -0.753. The van der Waals surface area contributed by atoms with E-state index in [4.69, 9.17) is 4.74 Å². The Morgan fingerprint density at radius 3 is 2.74 bits per heavy atom. The first-order chi connectivity index (χ1) is 12.9. The van der Waals surface area contributed by atoms with Crippen molar-refractivity contribution in [1.82, 2.24) is 0 Å². The molecule has 0 N–H and O–H groups in total. The average molecular weight is 456 g/mol. The Balaban J connectivity index is 1.96. The topological polar surface area (TPSA) is 46.6 Å². The van der Waals surface area contributed by atoms with Gasteiger partial charge >= 0.3 is 5.97 Å². The number of carbonyl (C=O) groups excluding carboxylic acids is 2. The summed E-state index contributed by atoms with van der Waals surface area (Å²) < 4.78 is 34.2. The van der Waals surface area contributed by atoms with E-state index in [1.54, 1.807) is 19.1 Å². The van der Waals surface area contributed by atoms with Gasteiger partial charge in [-0.3, -0.25) is 9.59 Å². The van der Waals surface area contributed by atoms with Crippen LogP contribution >= 0.6 is 27.7 Å². The smallest absolute Gasteiger partial charge is 0.307 e. The predicted octanol–water partition coefficient (Wildman–Crippen LogP) is 4.69. The van der Waals surface area contributed by atoms with Gasteiger partial charge in [-0.2, -0.15) is 0 Å². The Kier molecular flexibility index (Phi) is 6.16. The third-order valence-corrected chi connectivity index (χ3v) is 5.76. The third kappa shape index (κ3) is 4.32. The lowest BCUT2D eigenvalue weighted by atomic mass is 10.1. The molecule has 0 bridgehead atoms. The number of amides is 1. The number of carbonyl (C=O) groups is 2. The molecule has 1 amide bonds. The largest absolute Gasteiger partial charge is 0.466 e. The van der Waals surface area contributed by atoms with Crippen LogP contribution in [0.2, 0.25) is 0 Å². The number of halogens is 3. The molecule has 2 aromatic rings. The number of para-hydroxylation sites is 1. The van der Waals surface area contributed by atoms with E-state index in [9.17, 15) is 18.4 Å². The summed E-state index contributed by atoms with van der Waals surface area (Å²) in [7, 11) is 0. The SMILES string of the molecule is CCOC(=O)CC1Sc2cccc(F)c2N(Cc2ccc(Br)cc2F)C1=O. The van der Waals surface area contributed by atoms with E-state index in [1.807, 2.05) is 0 Å². The van der Waals surface area contributed by atoms with E-state index in [0.29, 0.717) is 9.37 Å². The Morgan fingerprint density at radius 1 is 1.26 bits per heavy atom. The first-order valence-corrected chi connectivity index (χ1v) is 9.94. The highest BCUT2D eigenvalue weighted by molar-refractivity contribution is 9.10. The standard InChI is InChI=1S/C19H16BrF2NO3S/c1-2-26-17(24)9-16-19(25)23(10-11-6-7-12(20)8-14(11)22)18-13(21)4-3-5-15(18)27-16/h3-8,16H,2,9-10H2,1H3. The van der Waals surface area contributed by atoms with Gasteiger partial charge in [-0.05, 0) is 31.2 Å². The monoisotopic (exact) mass is 455 g/mol. The molecule has 0 aliphatic carbocycles. The van der Waals surface area contributed by atoms with E-state index in [1.165, 1.54) is 29.2 Å². The third-order valence-electron chi connectivity index (χ3n) is 4.03. The van der Waals surface area contributed by atoms with Crippen molar-refractivity contribution in [2.24, 2.45) is 0 Å². The lowest BCUT2D eigenvalue weighted by molar-refractivity contribution is -0.144. The molecule has 1 aliphatic rings. The summed E-state index contributed by atoms with van der Waals surface area (Å²) in [5, 5.41) is -0.753. The summed E-state index contributed by atoms with van der Waals surface area (Å²) in [6, 6.07) is 8.95. The quantitative estimate of drug-likeness (QED) is 0.613. The van der Waals surface area contributed by atoms with Crippen LogP contribution in [-0.4, -0.2) is 23.7 Å². The van der Waals surface area contributed by atoms with E-state index in [2.05, 4.69) is 15.9 Å². The summed E-state index contributed by atoms with van der Waals surface area (Å²) >= 11 is 4.31. The van der Waals surface area contributed by atoms with Crippen LogP contribution in [0.3, 0.4) is 0 Å². The number of esters is 1. The van der Waals surface area contributed by atoms with Crippen LogP contribution in [0.15, 0.2) is 45.8 Å². The van der Waals surface area contributed by atoms with Gasteiger partial charge in [-0.25, -0.2) is 8.78 Å². The van der Waals surface area contributed by atoms with Gasteiger partial charge in [-0.15, -0.1) is 11.8 Å². The van der Waals surface area contributed by atoms with Gasteiger partial charge in [0.2, 0.25) is 5.91 Å². The molecule has 1 unspecified atom stereocenters. The molecule has 1 aliphatic heterocycles. The first kappa shape index (κ1) is 19.8. The molecular weight excluding hydrogens is 440 g/mol. The van der Waals surface area contributed by atoms with Crippen molar-refractivity contribution >= 4 is 45.3 Å². The summed E-state index contributed by atoms with van der Waals surface area (Å²) in [6.07, 6.45) is -0.132. The molecular formula is C19H16BrF2NO3S. The fraction of sp³-hybridized carbons (Fsp3) is 0.263. The van der Waals surface area contributed by atoms with Gasteiger partial charge in [-0.1, -0.05) is 28.1 Å². The fourth-order valence-corrected chi connectivity index (χ4v) is 4.38. The highest BCUT2D eigenvalue weighted by Crippen LogP contribution is 2.42. The van der Waals surface area contributed by atoms with Gasteiger partial charge < -0.3 is 9.64 Å². The van der Waals surface area contributed by atoms with Crippen LogP contribution in [-0.2, 0) is 20.9 Å². The number of anilines is 1. The van der Waals surface area contributed by atoms with Crippen molar-refractivity contribution in [3.05, 3.63) is 58.1 Å². The molecule has 3 rings (SSSR count). The molecule has 0 saturated heterocycles. The molecule has 0 aromatic heterocycles. The second-order valence-electron chi connectivity index (χ2n) is 5.86. The van der Waals surface area contributed by atoms with Crippen molar-refractivity contribution in [2.75, 3.05) is 11.5 Å². The lowest BCUT2D eigenvalue weighted by Crippen LogP contribution is -2.42. The molecule has 27 heavy (non-hydrogen) atoms. The molecule has 142 valence electrons. The van der Waals surface area contributed by atoms with Crippen molar-refractivity contribution in [2.45, 2.75) is 30.0 Å². The van der Waals surface area contributed by atoms with E-state index >= 15 is 0 Å². The number of rotatable bonds is 5. The molecule has 0 spiro atoms. The minimum absolute atomic E-state index is 0.106. The van der Waals surface area contributed by atoms with Crippen LogP contribution in [0.1, 0.15) is 18.9 Å². The number of hydrogen-bond donors (Lipinski definition) is 0. The highest BCUT2D eigenvalue weighted by atomic mass is 79.9. The maximum Gasteiger partial charge on any atom is 0.307 e. The zero-order valence-electron chi connectivity index (χ0n) is 14.4.